The normalized spacial score (nSPS) is 26.0. The SMILES string of the molecule is CCCCCCCCCCCC1OCC(O[C@H](OC)[C@H](O)CO)[C@@H](C)O1. The molecule has 2 N–H and O–H groups in total. The average molecular weight is 377 g/mol. The Labute approximate surface area is 159 Å². The Hall–Kier alpha value is -0.240. The Balaban J connectivity index is 2.10. The summed E-state index contributed by atoms with van der Waals surface area (Å²) in [6, 6.07) is 0. The fraction of sp³-hybridized carbons (Fsp3) is 1.00. The smallest absolute Gasteiger partial charge is 0.185 e. The number of methoxy groups -OCH3 is 1. The maximum absolute atomic E-state index is 9.65. The molecule has 0 aromatic rings. The van der Waals surface area contributed by atoms with E-state index in [4.69, 9.17) is 24.1 Å². The molecular weight excluding hydrogens is 336 g/mol. The molecule has 5 atom stereocenters. The van der Waals surface area contributed by atoms with E-state index in [1.165, 1.54) is 58.5 Å². The lowest BCUT2D eigenvalue weighted by atomic mass is 10.1. The van der Waals surface area contributed by atoms with Gasteiger partial charge >= 0.3 is 0 Å². The third kappa shape index (κ3) is 9.62. The Morgan fingerprint density at radius 1 is 1.04 bits per heavy atom. The summed E-state index contributed by atoms with van der Waals surface area (Å²) in [7, 11) is 1.44. The fourth-order valence-corrected chi connectivity index (χ4v) is 3.19. The highest BCUT2D eigenvalue weighted by Gasteiger charge is 2.33. The van der Waals surface area contributed by atoms with Crippen LogP contribution in [0.15, 0.2) is 0 Å². The van der Waals surface area contributed by atoms with E-state index in [-0.39, 0.29) is 18.5 Å². The van der Waals surface area contributed by atoms with Crippen molar-refractivity contribution in [2.45, 2.75) is 109 Å². The molecular formula is C20H40O6. The monoisotopic (exact) mass is 376 g/mol. The molecule has 1 saturated heterocycles. The molecule has 0 aliphatic carbocycles. The first kappa shape index (κ1) is 23.8. The minimum atomic E-state index is -1.08. The van der Waals surface area contributed by atoms with Gasteiger partial charge in [-0.2, -0.15) is 0 Å². The molecule has 1 fully saturated rings. The van der Waals surface area contributed by atoms with Gasteiger partial charge in [-0.1, -0.05) is 58.3 Å². The van der Waals surface area contributed by atoms with Crippen LogP contribution in [0.4, 0.5) is 0 Å². The quantitative estimate of drug-likeness (QED) is 0.337. The highest BCUT2D eigenvalue weighted by Crippen LogP contribution is 2.22. The van der Waals surface area contributed by atoms with Gasteiger partial charge in [-0.05, 0) is 19.8 Å². The van der Waals surface area contributed by atoms with Crippen molar-refractivity contribution in [3.8, 4) is 0 Å². The molecule has 0 aromatic carbocycles. The molecule has 6 heteroatoms. The maximum Gasteiger partial charge on any atom is 0.185 e. The van der Waals surface area contributed by atoms with E-state index >= 15 is 0 Å². The molecule has 6 nitrogen and oxygen atoms in total. The molecule has 0 spiro atoms. The first-order chi connectivity index (χ1) is 12.6. The number of hydrogen-bond acceptors (Lipinski definition) is 6. The number of hydrogen-bond donors (Lipinski definition) is 2. The fourth-order valence-electron chi connectivity index (χ4n) is 3.19. The molecule has 1 heterocycles. The van der Waals surface area contributed by atoms with E-state index in [2.05, 4.69) is 6.92 Å². The number of rotatable bonds is 15. The molecule has 0 saturated carbocycles. The molecule has 1 rings (SSSR count). The van der Waals surface area contributed by atoms with Gasteiger partial charge in [0.05, 0.1) is 19.3 Å². The van der Waals surface area contributed by atoms with Crippen LogP contribution in [0.1, 0.15) is 78.1 Å². The number of ether oxygens (including phenoxy) is 4. The zero-order valence-corrected chi connectivity index (χ0v) is 16.9. The summed E-state index contributed by atoms with van der Waals surface area (Å²) in [5.74, 6) is 0. The molecule has 26 heavy (non-hydrogen) atoms. The van der Waals surface area contributed by atoms with Gasteiger partial charge in [-0.3, -0.25) is 0 Å². The summed E-state index contributed by atoms with van der Waals surface area (Å²) < 4.78 is 22.4. The predicted octanol–water partition coefficient (Wildman–Crippen LogP) is 3.38. The molecule has 1 aliphatic rings. The van der Waals surface area contributed by atoms with Crippen LogP contribution >= 0.6 is 0 Å². The highest BCUT2D eigenvalue weighted by molar-refractivity contribution is 4.74. The van der Waals surface area contributed by atoms with E-state index in [1.54, 1.807) is 0 Å². The summed E-state index contributed by atoms with van der Waals surface area (Å²) in [4.78, 5) is 0. The maximum atomic E-state index is 9.65. The van der Waals surface area contributed by atoms with Crippen molar-refractivity contribution < 1.29 is 29.2 Å². The molecule has 0 bridgehead atoms. The lowest BCUT2D eigenvalue weighted by Gasteiger charge is -2.36. The van der Waals surface area contributed by atoms with E-state index in [1.807, 2.05) is 6.92 Å². The standard InChI is InChI=1S/C20H40O6/c1-4-5-6-7-8-9-10-11-12-13-19-24-15-18(16(2)25-19)26-20(23-3)17(22)14-21/h16-22H,4-15H2,1-3H3/t16-,17-,18?,19?,20+/m1/s1. The van der Waals surface area contributed by atoms with E-state index in [0.29, 0.717) is 6.61 Å². The van der Waals surface area contributed by atoms with Gasteiger partial charge in [0.1, 0.15) is 12.2 Å². The van der Waals surface area contributed by atoms with Gasteiger partial charge in [-0.15, -0.1) is 0 Å². The molecule has 2 unspecified atom stereocenters. The minimum Gasteiger partial charge on any atom is -0.393 e. The van der Waals surface area contributed by atoms with Crippen molar-refractivity contribution >= 4 is 0 Å². The van der Waals surface area contributed by atoms with Crippen LogP contribution in [0.2, 0.25) is 0 Å². The number of aliphatic hydroxyl groups excluding tert-OH is 2. The van der Waals surface area contributed by atoms with Crippen LogP contribution in [0.5, 0.6) is 0 Å². The van der Waals surface area contributed by atoms with Crippen molar-refractivity contribution in [2.24, 2.45) is 0 Å². The van der Waals surface area contributed by atoms with Crippen molar-refractivity contribution in [3.05, 3.63) is 0 Å². The summed E-state index contributed by atoms with van der Waals surface area (Å²) in [6.45, 7) is 4.18. The highest BCUT2D eigenvalue weighted by atomic mass is 16.7. The second-order valence-corrected chi connectivity index (χ2v) is 7.25. The van der Waals surface area contributed by atoms with Crippen LogP contribution in [0, 0.1) is 0 Å². The van der Waals surface area contributed by atoms with Gasteiger partial charge in [0.25, 0.3) is 0 Å². The van der Waals surface area contributed by atoms with Crippen molar-refractivity contribution in [2.75, 3.05) is 20.3 Å². The Kier molecular flexibility index (Phi) is 13.5. The van der Waals surface area contributed by atoms with Crippen LogP contribution in [-0.2, 0) is 18.9 Å². The zero-order valence-electron chi connectivity index (χ0n) is 16.9. The first-order valence-corrected chi connectivity index (χ1v) is 10.4. The number of aliphatic hydroxyl groups is 2. The summed E-state index contributed by atoms with van der Waals surface area (Å²) >= 11 is 0. The van der Waals surface area contributed by atoms with E-state index in [0.717, 1.165) is 12.8 Å². The van der Waals surface area contributed by atoms with Crippen LogP contribution < -0.4 is 0 Å². The van der Waals surface area contributed by atoms with Gasteiger partial charge in [0.2, 0.25) is 0 Å². The second kappa shape index (κ2) is 14.8. The van der Waals surface area contributed by atoms with Crippen LogP contribution in [0.3, 0.4) is 0 Å². The van der Waals surface area contributed by atoms with E-state index in [9.17, 15) is 5.11 Å². The summed E-state index contributed by atoms with van der Waals surface area (Å²) in [5, 5.41) is 18.7. The number of unbranched alkanes of at least 4 members (excludes halogenated alkanes) is 8. The molecule has 0 radical (unpaired) electrons. The lowest BCUT2D eigenvalue weighted by Crippen LogP contribution is -2.48. The van der Waals surface area contributed by atoms with Crippen LogP contribution in [-0.4, -0.2) is 61.4 Å². The summed E-state index contributed by atoms with van der Waals surface area (Å²) in [6.07, 6.45) is 10.0. The van der Waals surface area contributed by atoms with Crippen molar-refractivity contribution in [3.63, 3.8) is 0 Å². The minimum absolute atomic E-state index is 0.143. The Bertz CT molecular complexity index is 327. The second-order valence-electron chi connectivity index (χ2n) is 7.25. The third-order valence-electron chi connectivity index (χ3n) is 4.92. The first-order valence-electron chi connectivity index (χ1n) is 10.4. The van der Waals surface area contributed by atoms with Gasteiger partial charge in [-0.25, -0.2) is 0 Å². The Morgan fingerprint density at radius 2 is 1.65 bits per heavy atom. The Morgan fingerprint density at radius 3 is 2.19 bits per heavy atom. The molecule has 1 aliphatic heterocycles. The predicted molar refractivity (Wildman–Crippen MR) is 101 cm³/mol. The molecule has 0 aromatic heterocycles. The van der Waals surface area contributed by atoms with Gasteiger partial charge in [0.15, 0.2) is 12.6 Å². The molecule has 156 valence electrons. The third-order valence-corrected chi connectivity index (χ3v) is 4.92. The average Bonchev–Trinajstić information content (AvgIpc) is 2.65. The van der Waals surface area contributed by atoms with Crippen molar-refractivity contribution in [1.29, 1.82) is 0 Å². The topological polar surface area (TPSA) is 77.4 Å². The van der Waals surface area contributed by atoms with Crippen LogP contribution in [0.25, 0.3) is 0 Å². The van der Waals surface area contributed by atoms with Gasteiger partial charge in [0, 0.05) is 7.11 Å². The van der Waals surface area contributed by atoms with Gasteiger partial charge < -0.3 is 29.2 Å². The summed E-state index contributed by atoms with van der Waals surface area (Å²) in [5.41, 5.74) is 0. The zero-order chi connectivity index (χ0) is 19.2. The lowest BCUT2D eigenvalue weighted by molar-refractivity contribution is -0.298. The van der Waals surface area contributed by atoms with Crippen molar-refractivity contribution in [1.82, 2.24) is 0 Å². The largest absolute Gasteiger partial charge is 0.393 e. The van der Waals surface area contributed by atoms with E-state index < -0.39 is 19.0 Å². The molecule has 0 amide bonds.